The molecule has 0 aliphatic heterocycles. The van der Waals surface area contributed by atoms with Crippen LogP contribution < -0.4 is 11.0 Å². The fourth-order valence-electron chi connectivity index (χ4n) is 2.03. The lowest BCUT2D eigenvalue weighted by atomic mass is 10.3. The first-order valence-corrected chi connectivity index (χ1v) is 8.04. The Labute approximate surface area is 144 Å². The number of hydrogen-bond acceptors (Lipinski definition) is 7. The summed E-state index contributed by atoms with van der Waals surface area (Å²) in [5, 5.41) is 13.5. The van der Waals surface area contributed by atoms with Crippen molar-refractivity contribution in [3.8, 4) is 0 Å². The van der Waals surface area contributed by atoms with Crippen molar-refractivity contribution >= 4 is 34.7 Å². The maximum atomic E-state index is 12.0. The van der Waals surface area contributed by atoms with Crippen molar-refractivity contribution in [2.45, 2.75) is 5.16 Å². The summed E-state index contributed by atoms with van der Waals surface area (Å²) in [6.45, 7) is 0. The number of rotatable bonds is 5. The SMILES string of the molecule is O=C(CSc1nc(=O)n2ccccc2n1)Nc1cccc([N+](=O)[O-])c1. The van der Waals surface area contributed by atoms with E-state index in [-0.39, 0.29) is 22.5 Å². The number of fused-ring (bicyclic) bond motifs is 1. The predicted octanol–water partition coefficient (Wildman–Crippen LogP) is 1.73. The Hall–Kier alpha value is -3.27. The zero-order valence-corrected chi connectivity index (χ0v) is 13.5. The van der Waals surface area contributed by atoms with Crippen molar-refractivity contribution in [3.63, 3.8) is 0 Å². The number of benzene rings is 1. The molecular formula is C15H11N5O4S. The Morgan fingerprint density at radius 1 is 1.24 bits per heavy atom. The fraction of sp³-hybridized carbons (Fsp3) is 0.0667. The number of aromatic nitrogens is 3. The number of nitro benzene ring substituents is 1. The van der Waals surface area contributed by atoms with Crippen molar-refractivity contribution in [3.05, 3.63) is 69.3 Å². The van der Waals surface area contributed by atoms with Gasteiger partial charge in [0.15, 0.2) is 5.16 Å². The monoisotopic (exact) mass is 357 g/mol. The van der Waals surface area contributed by atoms with E-state index in [2.05, 4.69) is 15.3 Å². The highest BCUT2D eigenvalue weighted by molar-refractivity contribution is 7.99. The topological polar surface area (TPSA) is 120 Å². The van der Waals surface area contributed by atoms with Gasteiger partial charge in [0, 0.05) is 24.0 Å². The van der Waals surface area contributed by atoms with Gasteiger partial charge in [-0.3, -0.25) is 19.3 Å². The maximum Gasteiger partial charge on any atom is 0.355 e. The van der Waals surface area contributed by atoms with Crippen LogP contribution in [0.3, 0.4) is 0 Å². The van der Waals surface area contributed by atoms with Gasteiger partial charge in [0.1, 0.15) is 5.65 Å². The van der Waals surface area contributed by atoms with Gasteiger partial charge in [-0.05, 0) is 18.2 Å². The molecule has 10 heteroatoms. The van der Waals surface area contributed by atoms with E-state index in [1.807, 2.05) is 0 Å². The predicted molar refractivity (Wildman–Crippen MR) is 91.7 cm³/mol. The highest BCUT2D eigenvalue weighted by Crippen LogP contribution is 2.18. The van der Waals surface area contributed by atoms with Crippen LogP contribution in [0.4, 0.5) is 11.4 Å². The quantitative estimate of drug-likeness (QED) is 0.419. The Bertz CT molecular complexity index is 1020. The number of nitrogens with one attached hydrogen (secondary N) is 1. The molecule has 0 fully saturated rings. The summed E-state index contributed by atoms with van der Waals surface area (Å²) in [6, 6.07) is 10.7. The van der Waals surface area contributed by atoms with E-state index in [1.165, 1.54) is 22.6 Å². The van der Waals surface area contributed by atoms with Crippen LogP contribution in [0, 0.1) is 10.1 Å². The van der Waals surface area contributed by atoms with Crippen LogP contribution in [0.1, 0.15) is 0 Å². The molecule has 2 heterocycles. The number of thioether (sulfide) groups is 1. The number of amides is 1. The molecule has 1 amide bonds. The van der Waals surface area contributed by atoms with Gasteiger partial charge in [-0.1, -0.05) is 23.9 Å². The van der Waals surface area contributed by atoms with Gasteiger partial charge in [0.25, 0.3) is 5.69 Å². The first-order valence-electron chi connectivity index (χ1n) is 7.05. The molecule has 0 aliphatic rings. The molecule has 126 valence electrons. The Morgan fingerprint density at radius 2 is 2.08 bits per heavy atom. The molecule has 1 N–H and O–H groups in total. The van der Waals surface area contributed by atoms with Gasteiger partial charge < -0.3 is 5.32 Å². The molecule has 0 atom stereocenters. The third kappa shape index (κ3) is 3.98. The van der Waals surface area contributed by atoms with Gasteiger partial charge in [-0.25, -0.2) is 9.78 Å². The van der Waals surface area contributed by atoms with Crippen molar-refractivity contribution in [2.75, 3.05) is 11.1 Å². The van der Waals surface area contributed by atoms with E-state index in [4.69, 9.17) is 0 Å². The summed E-state index contributed by atoms with van der Waals surface area (Å²) in [5.74, 6) is -0.423. The second-order valence-electron chi connectivity index (χ2n) is 4.86. The minimum absolute atomic E-state index is 0.0366. The molecule has 0 radical (unpaired) electrons. The number of anilines is 1. The molecule has 3 rings (SSSR count). The third-order valence-electron chi connectivity index (χ3n) is 3.12. The van der Waals surface area contributed by atoms with E-state index in [1.54, 1.807) is 30.5 Å². The van der Waals surface area contributed by atoms with E-state index in [9.17, 15) is 19.7 Å². The van der Waals surface area contributed by atoms with E-state index >= 15 is 0 Å². The molecule has 1 aromatic carbocycles. The second kappa shape index (κ2) is 7.09. The van der Waals surface area contributed by atoms with Crippen LogP contribution >= 0.6 is 11.8 Å². The summed E-state index contributed by atoms with van der Waals surface area (Å²) in [7, 11) is 0. The standard InChI is InChI=1S/C15H11N5O4S/c21-13(16-10-4-3-5-11(8-10)20(23)24)9-25-14-17-12-6-1-2-7-19(12)15(22)18-14/h1-8H,9H2,(H,16,21). The van der Waals surface area contributed by atoms with Crippen LogP contribution in [0.15, 0.2) is 58.6 Å². The zero-order valence-electron chi connectivity index (χ0n) is 12.7. The number of carbonyl (C=O) groups excluding carboxylic acids is 1. The van der Waals surface area contributed by atoms with E-state index in [0.29, 0.717) is 11.3 Å². The fourth-order valence-corrected chi connectivity index (χ4v) is 2.67. The molecular weight excluding hydrogens is 346 g/mol. The molecule has 2 aromatic heterocycles. The summed E-state index contributed by atoms with van der Waals surface area (Å²) >= 11 is 1.01. The second-order valence-corrected chi connectivity index (χ2v) is 5.80. The van der Waals surface area contributed by atoms with E-state index in [0.717, 1.165) is 11.8 Å². The van der Waals surface area contributed by atoms with Gasteiger partial charge in [0.2, 0.25) is 5.91 Å². The van der Waals surface area contributed by atoms with Crippen molar-refractivity contribution in [2.24, 2.45) is 0 Å². The lowest BCUT2D eigenvalue weighted by Crippen LogP contribution is -2.20. The Morgan fingerprint density at radius 3 is 2.88 bits per heavy atom. The van der Waals surface area contributed by atoms with Crippen LogP contribution in [0.2, 0.25) is 0 Å². The minimum atomic E-state index is -0.541. The highest BCUT2D eigenvalue weighted by Gasteiger charge is 2.10. The molecule has 9 nitrogen and oxygen atoms in total. The lowest BCUT2D eigenvalue weighted by molar-refractivity contribution is -0.384. The molecule has 3 aromatic rings. The van der Waals surface area contributed by atoms with E-state index < -0.39 is 10.6 Å². The number of nitro groups is 1. The molecule has 0 saturated carbocycles. The third-order valence-corrected chi connectivity index (χ3v) is 3.97. The smallest absolute Gasteiger partial charge is 0.325 e. The lowest BCUT2D eigenvalue weighted by Gasteiger charge is -2.05. The van der Waals surface area contributed by atoms with Crippen LogP contribution in [-0.4, -0.2) is 31.0 Å². The summed E-state index contributed by atoms with van der Waals surface area (Å²) in [4.78, 5) is 42.0. The average Bonchev–Trinajstić information content (AvgIpc) is 2.60. The van der Waals surface area contributed by atoms with Gasteiger partial charge in [-0.2, -0.15) is 4.98 Å². The normalized spacial score (nSPS) is 10.6. The molecule has 25 heavy (non-hydrogen) atoms. The van der Waals surface area contributed by atoms with Crippen LogP contribution in [-0.2, 0) is 4.79 Å². The van der Waals surface area contributed by atoms with Crippen molar-refractivity contribution in [1.82, 2.24) is 14.4 Å². The summed E-state index contributed by atoms with van der Waals surface area (Å²) < 4.78 is 1.30. The highest BCUT2D eigenvalue weighted by atomic mass is 32.2. The van der Waals surface area contributed by atoms with Gasteiger partial charge >= 0.3 is 5.69 Å². The molecule has 0 unspecified atom stereocenters. The summed E-state index contributed by atoms with van der Waals surface area (Å²) in [6.07, 6.45) is 1.56. The Kier molecular flexibility index (Phi) is 4.70. The van der Waals surface area contributed by atoms with Gasteiger partial charge in [0.05, 0.1) is 10.7 Å². The van der Waals surface area contributed by atoms with Gasteiger partial charge in [-0.15, -0.1) is 0 Å². The summed E-state index contributed by atoms with van der Waals surface area (Å²) in [5.41, 5.74) is 0.159. The average molecular weight is 357 g/mol. The largest absolute Gasteiger partial charge is 0.355 e. The van der Waals surface area contributed by atoms with Crippen molar-refractivity contribution in [1.29, 1.82) is 0 Å². The van der Waals surface area contributed by atoms with Crippen LogP contribution in [0.5, 0.6) is 0 Å². The van der Waals surface area contributed by atoms with Crippen molar-refractivity contribution < 1.29 is 9.72 Å². The molecule has 0 aliphatic carbocycles. The Balaban J connectivity index is 1.67. The molecule has 0 saturated heterocycles. The number of hydrogen-bond donors (Lipinski definition) is 1. The number of carbonyl (C=O) groups is 1. The van der Waals surface area contributed by atoms with Crippen LogP contribution in [0.25, 0.3) is 5.65 Å². The molecule has 0 spiro atoms. The first-order chi connectivity index (χ1) is 12.0. The number of non-ortho nitro benzene ring substituents is 1. The minimum Gasteiger partial charge on any atom is -0.325 e. The molecule has 0 bridgehead atoms. The maximum absolute atomic E-state index is 12.0. The first kappa shape index (κ1) is 16.6. The zero-order chi connectivity index (χ0) is 17.8. The number of pyridine rings is 1. The number of nitrogens with zero attached hydrogens (tertiary/aromatic N) is 4.